The fraction of sp³-hybridized carbons (Fsp3) is 0.500. The second kappa shape index (κ2) is 9.59. The molecule has 0 unspecified atom stereocenters. The Bertz CT molecular complexity index is 789. The number of halogens is 3. The van der Waals surface area contributed by atoms with Gasteiger partial charge in [0.25, 0.3) is 0 Å². The number of aromatic nitrogens is 2. The molecular formula is C18H23F3N6O2. The van der Waals surface area contributed by atoms with E-state index in [2.05, 4.69) is 30.2 Å². The van der Waals surface area contributed by atoms with E-state index in [1.54, 1.807) is 13.3 Å². The molecule has 158 valence electrons. The van der Waals surface area contributed by atoms with Gasteiger partial charge in [-0.1, -0.05) is 5.16 Å². The van der Waals surface area contributed by atoms with Gasteiger partial charge in [0, 0.05) is 52.0 Å². The highest BCUT2D eigenvalue weighted by Gasteiger charge is 2.35. The van der Waals surface area contributed by atoms with Crippen molar-refractivity contribution in [3.8, 4) is 5.88 Å². The summed E-state index contributed by atoms with van der Waals surface area (Å²) in [6.45, 7) is 4.30. The third kappa shape index (κ3) is 5.83. The SMILES string of the molecule is CN=C(NCCOc1ncccc1C(F)(F)F)N1CCN(Cc2ccon2)CC1. The highest BCUT2D eigenvalue weighted by Crippen LogP contribution is 2.34. The lowest BCUT2D eigenvalue weighted by atomic mass is 10.2. The van der Waals surface area contributed by atoms with Crippen molar-refractivity contribution in [2.75, 3.05) is 46.4 Å². The van der Waals surface area contributed by atoms with Gasteiger partial charge in [0.15, 0.2) is 5.96 Å². The van der Waals surface area contributed by atoms with Crippen LogP contribution in [0.1, 0.15) is 11.3 Å². The molecule has 0 bridgehead atoms. The number of hydrogen-bond acceptors (Lipinski definition) is 6. The summed E-state index contributed by atoms with van der Waals surface area (Å²) in [7, 11) is 1.67. The van der Waals surface area contributed by atoms with Crippen LogP contribution in [0.5, 0.6) is 5.88 Å². The van der Waals surface area contributed by atoms with Gasteiger partial charge < -0.3 is 19.5 Å². The Balaban J connectivity index is 1.42. The maximum Gasteiger partial charge on any atom is 0.421 e. The molecule has 0 radical (unpaired) electrons. The number of piperazine rings is 1. The molecule has 8 nitrogen and oxygen atoms in total. The molecule has 0 amide bonds. The number of aliphatic imine (C=N–C) groups is 1. The van der Waals surface area contributed by atoms with Gasteiger partial charge >= 0.3 is 6.18 Å². The molecule has 1 saturated heterocycles. The van der Waals surface area contributed by atoms with Crippen molar-refractivity contribution in [2.45, 2.75) is 12.7 Å². The number of hydrogen-bond donors (Lipinski definition) is 1. The minimum absolute atomic E-state index is 0.0330. The highest BCUT2D eigenvalue weighted by molar-refractivity contribution is 5.80. The third-order valence-electron chi connectivity index (χ3n) is 4.46. The summed E-state index contributed by atoms with van der Waals surface area (Å²) in [5, 5.41) is 7.05. The Morgan fingerprint density at radius 3 is 2.72 bits per heavy atom. The zero-order valence-electron chi connectivity index (χ0n) is 16.0. The maximum absolute atomic E-state index is 13.0. The van der Waals surface area contributed by atoms with Gasteiger partial charge in [-0.25, -0.2) is 4.98 Å². The van der Waals surface area contributed by atoms with Crippen molar-refractivity contribution in [1.29, 1.82) is 0 Å². The average Bonchev–Trinajstić information content (AvgIpc) is 3.21. The summed E-state index contributed by atoms with van der Waals surface area (Å²) in [5.41, 5.74) is 0.0125. The van der Waals surface area contributed by atoms with Crippen LogP contribution in [0.15, 0.2) is 40.2 Å². The van der Waals surface area contributed by atoms with Crippen molar-refractivity contribution in [1.82, 2.24) is 25.3 Å². The van der Waals surface area contributed by atoms with E-state index in [-0.39, 0.29) is 6.61 Å². The highest BCUT2D eigenvalue weighted by atomic mass is 19.4. The standard InChI is InChI=1S/C18H23F3N6O2/c1-22-17(27-9-7-26(8-10-27)13-14-4-11-29-25-14)24-6-12-28-16-15(18(19,20)21)3-2-5-23-16/h2-5,11H,6-10,12-13H2,1H3,(H,22,24). The second-order valence-electron chi connectivity index (χ2n) is 6.43. The molecular weight excluding hydrogens is 389 g/mol. The second-order valence-corrected chi connectivity index (χ2v) is 6.43. The van der Waals surface area contributed by atoms with Crippen LogP contribution < -0.4 is 10.1 Å². The lowest BCUT2D eigenvalue weighted by Crippen LogP contribution is -2.52. The zero-order chi connectivity index (χ0) is 20.7. The summed E-state index contributed by atoms with van der Waals surface area (Å²) in [4.78, 5) is 12.3. The third-order valence-corrected chi connectivity index (χ3v) is 4.46. The first-order valence-electron chi connectivity index (χ1n) is 9.19. The number of guanidine groups is 1. The van der Waals surface area contributed by atoms with Crippen LogP contribution in [0.2, 0.25) is 0 Å². The Morgan fingerprint density at radius 1 is 1.28 bits per heavy atom. The van der Waals surface area contributed by atoms with E-state index in [4.69, 9.17) is 9.26 Å². The van der Waals surface area contributed by atoms with Crippen molar-refractivity contribution in [3.05, 3.63) is 41.9 Å². The van der Waals surface area contributed by atoms with Gasteiger partial charge in [-0.15, -0.1) is 0 Å². The van der Waals surface area contributed by atoms with E-state index in [1.165, 1.54) is 12.3 Å². The first-order chi connectivity index (χ1) is 14.0. The molecule has 0 aromatic carbocycles. The number of nitrogens with zero attached hydrogens (tertiary/aromatic N) is 5. The monoisotopic (exact) mass is 412 g/mol. The normalized spacial score (nSPS) is 16.1. The number of alkyl halides is 3. The van der Waals surface area contributed by atoms with Gasteiger partial charge in [0.2, 0.25) is 5.88 Å². The van der Waals surface area contributed by atoms with Crippen LogP contribution in [0, 0.1) is 0 Å². The number of ether oxygens (including phenoxy) is 1. The molecule has 2 aromatic heterocycles. The molecule has 1 aliphatic rings. The number of rotatable bonds is 6. The minimum Gasteiger partial charge on any atom is -0.475 e. The maximum atomic E-state index is 13.0. The Kier molecular flexibility index (Phi) is 6.91. The molecule has 0 atom stereocenters. The minimum atomic E-state index is -4.50. The molecule has 2 aromatic rings. The Morgan fingerprint density at radius 2 is 2.07 bits per heavy atom. The first-order valence-corrected chi connectivity index (χ1v) is 9.19. The van der Waals surface area contributed by atoms with Crippen LogP contribution in [-0.2, 0) is 12.7 Å². The van der Waals surface area contributed by atoms with Crippen LogP contribution >= 0.6 is 0 Å². The summed E-state index contributed by atoms with van der Waals surface area (Å²) in [6, 6.07) is 4.03. The van der Waals surface area contributed by atoms with Crippen molar-refractivity contribution >= 4 is 5.96 Å². The molecule has 1 N–H and O–H groups in total. The topological polar surface area (TPSA) is 79.0 Å². The molecule has 1 aliphatic heterocycles. The van der Waals surface area contributed by atoms with Gasteiger partial charge in [0.05, 0.1) is 12.2 Å². The quantitative estimate of drug-likeness (QED) is 0.441. The lowest BCUT2D eigenvalue weighted by molar-refractivity contribution is -0.139. The summed E-state index contributed by atoms with van der Waals surface area (Å²) in [6.07, 6.45) is -1.67. The predicted octanol–water partition coefficient (Wildman–Crippen LogP) is 1.86. The van der Waals surface area contributed by atoms with Crippen molar-refractivity contribution in [3.63, 3.8) is 0 Å². The first kappa shape index (κ1) is 20.9. The number of nitrogens with one attached hydrogen (secondary N) is 1. The van der Waals surface area contributed by atoms with Gasteiger partial charge in [0.1, 0.15) is 18.4 Å². The van der Waals surface area contributed by atoms with Gasteiger partial charge in [-0.3, -0.25) is 9.89 Å². The molecule has 0 spiro atoms. The van der Waals surface area contributed by atoms with Crippen molar-refractivity contribution < 1.29 is 22.4 Å². The summed E-state index contributed by atoms with van der Waals surface area (Å²) in [5.74, 6) is 0.269. The van der Waals surface area contributed by atoms with E-state index < -0.39 is 17.6 Å². The Hall–Kier alpha value is -2.82. The smallest absolute Gasteiger partial charge is 0.421 e. The molecule has 1 fully saturated rings. The zero-order valence-corrected chi connectivity index (χ0v) is 16.0. The van der Waals surface area contributed by atoms with Crippen LogP contribution in [-0.4, -0.2) is 72.3 Å². The molecule has 3 heterocycles. The molecule has 0 saturated carbocycles. The molecule has 29 heavy (non-hydrogen) atoms. The largest absolute Gasteiger partial charge is 0.475 e. The Labute approximate surface area is 166 Å². The van der Waals surface area contributed by atoms with Gasteiger partial charge in [-0.05, 0) is 12.1 Å². The van der Waals surface area contributed by atoms with E-state index >= 15 is 0 Å². The fourth-order valence-corrected chi connectivity index (χ4v) is 3.03. The van der Waals surface area contributed by atoms with Crippen LogP contribution in [0.4, 0.5) is 13.2 Å². The molecule has 0 aliphatic carbocycles. The molecule has 3 rings (SSSR count). The summed E-state index contributed by atoms with van der Waals surface area (Å²) >= 11 is 0. The fourth-order valence-electron chi connectivity index (χ4n) is 3.03. The lowest BCUT2D eigenvalue weighted by Gasteiger charge is -2.36. The van der Waals surface area contributed by atoms with E-state index in [0.717, 1.165) is 44.5 Å². The van der Waals surface area contributed by atoms with E-state index in [9.17, 15) is 13.2 Å². The van der Waals surface area contributed by atoms with E-state index in [1.807, 2.05) is 6.07 Å². The van der Waals surface area contributed by atoms with Crippen molar-refractivity contribution in [2.24, 2.45) is 4.99 Å². The predicted molar refractivity (Wildman–Crippen MR) is 99.4 cm³/mol. The van der Waals surface area contributed by atoms with Gasteiger partial charge in [-0.2, -0.15) is 13.2 Å². The van der Waals surface area contributed by atoms with Crippen LogP contribution in [0.3, 0.4) is 0 Å². The van der Waals surface area contributed by atoms with Crippen LogP contribution in [0.25, 0.3) is 0 Å². The molecule has 11 heteroatoms. The summed E-state index contributed by atoms with van der Waals surface area (Å²) < 4.78 is 49.0. The van der Waals surface area contributed by atoms with E-state index in [0.29, 0.717) is 12.5 Å². The average molecular weight is 412 g/mol. The number of pyridine rings is 1.